The van der Waals surface area contributed by atoms with Crippen molar-refractivity contribution in [2.45, 2.75) is 12.3 Å². The summed E-state index contributed by atoms with van der Waals surface area (Å²) in [5, 5.41) is 11.5. The second-order valence-corrected chi connectivity index (χ2v) is 17.0. The van der Waals surface area contributed by atoms with Crippen molar-refractivity contribution in [1.29, 1.82) is 0 Å². The number of fused-ring (bicyclic) bond motifs is 2. The average molecular weight is 576 g/mol. The zero-order valence-corrected chi connectivity index (χ0v) is 25.5. The minimum atomic E-state index is -0.433. The summed E-state index contributed by atoms with van der Waals surface area (Å²) in [5.74, 6) is 0. The third kappa shape index (κ3) is 6.62. The predicted molar refractivity (Wildman–Crippen MR) is 181 cm³/mol. The van der Waals surface area contributed by atoms with E-state index in [9.17, 15) is 0 Å². The van der Waals surface area contributed by atoms with E-state index in [4.69, 9.17) is 0 Å². The van der Waals surface area contributed by atoms with Crippen LogP contribution in [0.25, 0.3) is 0 Å². The van der Waals surface area contributed by atoms with E-state index in [2.05, 4.69) is 145 Å². The Hall–Kier alpha value is -2.65. The maximum absolute atomic E-state index is 3.87. The topological polar surface area (TPSA) is 12.0 Å². The minimum absolute atomic E-state index is 0.419. The lowest BCUT2D eigenvalue weighted by Crippen LogP contribution is -2.29. The number of rotatable bonds is 3. The molecule has 1 aliphatic heterocycles. The minimum Gasteiger partial charge on any atom is -0.316 e. The zero-order chi connectivity index (χ0) is 27.0. The molecule has 0 unspecified atom stereocenters. The molecule has 0 saturated heterocycles. The van der Waals surface area contributed by atoms with Gasteiger partial charge in [0.1, 0.15) is 0 Å². The predicted octanol–water partition coefficient (Wildman–Crippen LogP) is 6.66. The van der Waals surface area contributed by atoms with E-state index in [1.807, 2.05) is 0 Å². The summed E-state index contributed by atoms with van der Waals surface area (Å²) in [6.45, 7) is 2.09. The molecule has 0 aliphatic carbocycles. The van der Waals surface area contributed by atoms with Crippen molar-refractivity contribution in [3.05, 3.63) is 151 Å². The van der Waals surface area contributed by atoms with Gasteiger partial charge in [0.25, 0.3) is 0 Å². The fourth-order valence-corrected chi connectivity index (χ4v) is 13.2. The molecular weight excluding hydrogens is 539 g/mol. The molecule has 40 heavy (non-hydrogen) atoms. The molecular formula is C36H36NP3. The van der Waals surface area contributed by atoms with Crippen LogP contribution < -0.4 is 31.8 Å². The molecule has 0 aromatic heterocycles. The van der Waals surface area contributed by atoms with Gasteiger partial charge in [-0.05, 0) is 91.2 Å². The summed E-state index contributed by atoms with van der Waals surface area (Å²) in [5.41, 5.74) is 3.07. The first-order valence-electron chi connectivity index (χ1n) is 14.2. The summed E-state index contributed by atoms with van der Waals surface area (Å²) < 4.78 is 0. The monoisotopic (exact) mass is 575 g/mol. The van der Waals surface area contributed by atoms with Crippen LogP contribution in [0.2, 0.25) is 0 Å². The van der Waals surface area contributed by atoms with Crippen molar-refractivity contribution in [3.63, 3.8) is 0 Å². The highest BCUT2D eigenvalue weighted by molar-refractivity contribution is 7.73. The molecule has 5 aromatic rings. The van der Waals surface area contributed by atoms with Gasteiger partial charge in [0.2, 0.25) is 0 Å². The standard InChI is InChI=1S/C36H36NP3/c1-4-16-32(17-5-1)38-28-30-14-10-12-22-35(30)39(33-18-6-2-7-19-33)26-24-37-25-27-40(34-20-8-3-9-21-34)36-23-13-11-15-31(36)29-38/h1-23,37H,24-29H2/t39-,40-/m0/s1. The summed E-state index contributed by atoms with van der Waals surface area (Å²) in [7, 11) is -1.29. The van der Waals surface area contributed by atoms with E-state index in [-0.39, 0.29) is 0 Å². The number of hydrogen-bond acceptors (Lipinski definition) is 1. The molecule has 0 fully saturated rings. The quantitative estimate of drug-likeness (QED) is 0.237. The first kappa shape index (κ1) is 27.5. The molecule has 1 N–H and O–H groups in total. The maximum Gasteiger partial charge on any atom is -0.000332 e. The molecule has 1 aliphatic rings. The molecule has 0 radical (unpaired) electrons. The Balaban J connectivity index is 1.46. The van der Waals surface area contributed by atoms with Gasteiger partial charge < -0.3 is 5.32 Å². The van der Waals surface area contributed by atoms with Crippen molar-refractivity contribution in [2.75, 3.05) is 25.4 Å². The SMILES string of the molecule is c1ccc(P2Cc3ccccc3[P@](c3ccccc3)CCNCC[P@@](c3ccccc3)c3ccccc3C2)cc1. The molecule has 5 aromatic carbocycles. The molecule has 6 rings (SSSR count). The molecule has 0 saturated carbocycles. The zero-order valence-electron chi connectivity index (χ0n) is 22.9. The Bertz CT molecular complexity index is 1400. The van der Waals surface area contributed by atoms with Gasteiger partial charge in [-0.3, -0.25) is 0 Å². The highest BCUT2D eigenvalue weighted by atomic mass is 31.1. The van der Waals surface area contributed by atoms with E-state index < -0.39 is 23.8 Å². The highest BCUT2D eigenvalue weighted by Crippen LogP contribution is 2.46. The van der Waals surface area contributed by atoms with Crippen LogP contribution in [-0.4, -0.2) is 25.4 Å². The van der Waals surface area contributed by atoms with E-state index in [0.717, 1.165) is 25.4 Å². The smallest absolute Gasteiger partial charge is 0.000332 e. The third-order valence-corrected chi connectivity index (χ3v) is 15.3. The van der Waals surface area contributed by atoms with Gasteiger partial charge >= 0.3 is 0 Å². The van der Waals surface area contributed by atoms with Gasteiger partial charge in [0.05, 0.1) is 0 Å². The number of benzene rings is 5. The van der Waals surface area contributed by atoms with Gasteiger partial charge in [-0.2, -0.15) is 0 Å². The number of hydrogen-bond donors (Lipinski definition) is 1. The summed E-state index contributed by atoms with van der Waals surface area (Å²) >= 11 is 0. The Morgan fingerprint density at radius 2 is 0.775 bits per heavy atom. The van der Waals surface area contributed by atoms with E-state index in [1.165, 1.54) is 39.4 Å². The Labute approximate surface area is 243 Å². The van der Waals surface area contributed by atoms with Crippen LogP contribution in [-0.2, 0) is 12.3 Å². The Morgan fingerprint density at radius 3 is 1.23 bits per heavy atom. The molecule has 0 bridgehead atoms. The van der Waals surface area contributed by atoms with Gasteiger partial charge in [-0.15, -0.1) is 0 Å². The number of nitrogens with one attached hydrogen (secondary N) is 1. The molecule has 2 atom stereocenters. The van der Waals surface area contributed by atoms with Crippen molar-refractivity contribution in [2.24, 2.45) is 0 Å². The van der Waals surface area contributed by atoms with Crippen LogP contribution in [0.3, 0.4) is 0 Å². The molecule has 0 spiro atoms. The normalized spacial score (nSPS) is 18.7. The van der Waals surface area contributed by atoms with Crippen molar-refractivity contribution in [1.82, 2.24) is 5.32 Å². The van der Waals surface area contributed by atoms with Crippen LogP contribution in [0.15, 0.2) is 140 Å². The van der Waals surface area contributed by atoms with Crippen molar-refractivity contribution in [3.8, 4) is 0 Å². The second-order valence-electron chi connectivity index (χ2n) is 10.2. The van der Waals surface area contributed by atoms with Crippen LogP contribution in [0.4, 0.5) is 0 Å². The lowest BCUT2D eigenvalue weighted by molar-refractivity contribution is 0.771. The third-order valence-electron chi connectivity index (χ3n) is 7.57. The summed E-state index contributed by atoms with van der Waals surface area (Å²) in [4.78, 5) is 0. The Kier molecular flexibility index (Phi) is 9.50. The van der Waals surface area contributed by atoms with Crippen LogP contribution >= 0.6 is 23.8 Å². The molecule has 1 heterocycles. The van der Waals surface area contributed by atoms with Crippen LogP contribution in [0.1, 0.15) is 11.1 Å². The van der Waals surface area contributed by atoms with E-state index in [1.54, 1.807) is 10.6 Å². The van der Waals surface area contributed by atoms with Gasteiger partial charge in [-0.25, -0.2) is 0 Å². The largest absolute Gasteiger partial charge is 0.316 e. The van der Waals surface area contributed by atoms with Gasteiger partial charge in [0.15, 0.2) is 0 Å². The van der Waals surface area contributed by atoms with E-state index in [0.29, 0.717) is 0 Å². The summed E-state index contributed by atoms with van der Waals surface area (Å²) in [6, 6.07) is 52.5. The first-order chi connectivity index (χ1) is 19.9. The van der Waals surface area contributed by atoms with Crippen LogP contribution in [0, 0.1) is 0 Å². The van der Waals surface area contributed by atoms with Gasteiger partial charge in [0, 0.05) is 0 Å². The fraction of sp³-hybridized carbons (Fsp3) is 0.167. The lowest BCUT2D eigenvalue weighted by Gasteiger charge is -2.28. The molecule has 1 nitrogen and oxygen atoms in total. The second kappa shape index (κ2) is 13.8. The van der Waals surface area contributed by atoms with Crippen molar-refractivity contribution < 1.29 is 0 Å². The van der Waals surface area contributed by atoms with Gasteiger partial charge in [-0.1, -0.05) is 147 Å². The Morgan fingerprint density at radius 1 is 0.400 bits per heavy atom. The van der Waals surface area contributed by atoms with Crippen LogP contribution in [0.5, 0.6) is 0 Å². The average Bonchev–Trinajstić information content (AvgIpc) is 3.02. The molecule has 200 valence electrons. The lowest BCUT2D eigenvalue weighted by atomic mass is 10.2. The van der Waals surface area contributed by atoms with E-state index >= 15 is 0 Å². The maximum atomic E-state index is 3.87. The first-order valence-corrected chi connectivity index (χ1v) is 18.9. The highest BCUT2D eigenvalue weighted by Gasteiger charge is 2.23. The fourth-order valence-electron chi connectivity index (χ4n) is 5.60. The molecule has 4 heteroatoms. The van der Waals surface area contributed by atoms with Crippen molar-refractivity contribution >= 4 is 50.3 Å². The molecule has 0 amide bonds. The summed E-state index contributed by atoms with van der Waals surface area (Å²) in [6.07, 6.45) is 4.57.